The van der Waals surface area contributed by atoms with E-state index < -0.39 is 40.4 Å². The number of amides is 1. The van der Waals surface area contributed by atoms with E-state index in [0.717, 1.165) is 23.3 Å². The third-order valence-corrected chi connectivity index (χ3v) is 5.18. The van der Waals surface area contributed by atoms with Gasteiger partial charge in [-0.05, 0) is 37.6 Å². The predicted molar refractivity (Wildman–Crippen MR) is 100 cm³/mol. The molecule has 9 heteroatoms. The average Bonchev–Trinajstić information content (AvgIpc) is 2.65. The number of aryl methyl sites for hydroxylation is 1. The number of esters is 1. The highest BCUT2D eigenvalue weighted by atomic mass is 32.2. The normalized spacial score (nSPS) is 12.2. The van der Waals surface area contributed by atoms with E-state index >= 15 is 0 Å². The van der Waals surface area contributed by atoms with Crippen molar-refractivity contribution in [3.05, 3.63) is 65.5 Å². The zero-order chi connectivity index (χ0) is 20.7. The van der Waals surface area contributed by atoms with Gasteiger partial charge >= 0.3 is 5.97 Å². The summed E-state index contributed by atoms with van der Waals surface area (Å²) in [5.74, 6) is -2.16. The number of rotatable bonds is 8. The van der Waals surface area contributed by atoms with Crippen molar-refractivity contribution >= 4 is 21.9 Å². The first kappa shape index (κ1) is 21.5. The highest BCUT2D eigenvalue weighted by Gasteiger charge is 2.20. The second-order valence-electron chi connectivity index (χ2n) is 6.12. The Morgan fingerprint density at radius 3 is 2.46 bits per heavy atom. The van der Waals surface area contributed by atoms with Crippen molar-refractivity contribution in [3.63, 3.8) is 0 Å². The van der Waals surface area contributed by atoms with Crippen LogP contribution in [0.1, 0.15) is 18.1 Å². The van der Waals surface area contributed by atoms with Crippen LogP contribution in [0.4, 0.5) is 4.39 Å². The number of nitrogens with one attached hydrogen (secondary N) is 2. The molecule has 1 amide bonds. The van der Waals surface area contributed by atoms with Gasteiger partial charge in [-0.2, -0.15) is 4.72 Å². The van der Waals surface area contributed by atoms with Gasteiger partial charge in [0.05, 0.1) is 4.90 Å². The SMILES string of the molecule is Cc1ccc(CNC(=O)[C@H](C)OC(=O)CNS(=O)(=O)c2cccc(F)c2)cc1. The van der Waals surface area contributed by atoms with Crippen molar-refractivity contribution in [3.8, 4) is 0 Å². The molecule has 2 aromatic rings. The molecule has 2 aromatic carbocycles. The zero-order valence-corrected chi connectivity index (χ0v) is 16.3. The molecule has 0 aliphatic carbocycles. The van der Waals surface area contributed by atoms with E-state index in [-0.39, 0.29) is 11.4 Å². The third kappa shape index (κ3) is 6.43. The molecule has 0 saturated heterocycles. The molecular formula is C19H21FN2O5S. The minimum absolute atomic E-state index is 0.271. The molecule has 2 N–H and O–H groups in total. The maximum atomic E-state index is 13.1. The summed E-state index contributed by atoms with van der Waals surface area (Å²) < 4.78 is 44.1. The number of hydrogen-bond acceptors (Lipinski definition) is 5. The van der Waals surface area contributed by atoms with Crippen molar-refractivity contribution in [2.24, 2.45) is 0 Å². The number of carbonyl (C=O) groups is 2. The predicted octanol–water partition coefficient (Wildman–Crippen LogP) is 1.66. The molecule has 2 rings (SSSR count). The lowest BCUT2D eigenvalue weighted by Crippen LogP contribution is -2.38. The highest BCUT2D eigenvalue weighted by Crippen LogP contribution is 2.10. The number of sulfonamides is 1. The Morgan fingerprint density at radius 1 is 1.14 bits per heavy atom. The van der Waals surface area contributed by atoms with Crippen molar-refractivity contribution in [2.45, 2.75) is 31.4 Å². The van der Waals surface area contributed by atoms with Crippen molar-refractivity contribution < 1.29 is 27.1 Å². The molecular weight excluding hydrogens is 387 g/mol. The average molecular weight is 408 g/mol. The number of carbonyl (C=O) groups excluding carboxylic acids is 2. The van der Waals surface area contributed by atoms with Gasteiger partial charge in [0.15, 0.2) is 6.10 Å². The van der Waals surface area contributed by atoms with Crippen LogP contribution in [-0.4, -0.2) is 32.9 Å². The highest BCUT2D eigenvalue weighted by molar-refractivity contribution is 7.89. The minimum Gasteiger partial charge on any atom is -0.452 e. The third-order valence-electron chi connectivity index (χ3n) is 3.78. The van der Waals surface area contributed by atoms with E-state index in [1.807, 2.05) is 35.9 Å². The molecule has 0 aliphatic heterocycles. The first-order valence-corrected chi connectivity index (χ1v) is 9.93. The van der Waals surface area contributed by atoms with Gasteiger partial charge in [0.25, 0.3) is 5.91 Å². The van der Waals surface area contributed by atoms with Crippen LogP contribution in [0.15, 0.2) is 53.4 Å². The summed E-state index contributed by atoms with van der Waals surface area (Å²) in [7, 11) is -4.08. The maximum absolute atomic E-state index is 13.1. The number of halogens is 1. The van der Waals surface area contributed by atoms with Crippen LogP contribution in [0.5, 0.6) is 0 Å². The smallest absolute Gasteiger partial charge is 0.321 e. The monoisotopic (exact) mass is 408 g/mol. The van der Waals surface area contributed by atoms with Crippen LogP contribution in [-0.2, 0) is 30.9 Å². The Bertz CT molecular complexity index is 945. The fraction of sp³-hybridized carbons (Fsp3) is 0.263. The Labute approximate surface area is 163 Å². The van der Waals surface area contributed by atoms with E-state index in [9.17, 15) is 22.4 Å². The van der Waals surface area contributed by atoms with E-state index in [1.54, 1.807) is 0 Å². The van der Waals surface area contributed by atoms with Gasteiger partial charge in [-0.15, -0.1) is 0 Å². The Kier molecular flexibility index (Phi) is 7.24. The lowest BCUT2D eigenvalue weighted by atomic mass is 10.1. The molecule has 150 valence electrons. The Balaban J connectivity index is 1.81. The minimum atomic E-state index is -4.08. The lowest BCUT2D eigenvalue weighted by molar-refractivity contribution is -0.153. The van der Waals surface area contributed by atoms with Gasteiger partial charge in [-0.1, -0.05) is 35.9 Å². The topological polar surface area (TPSA) is 102 Å². The van der Waals surface area contributed by atoms with Gasteiger partial charge in [0.1, 0.15) is 12.4 Å². The lowest BCUT2D eigenvalue weighted by Gasteiger charge is -2.14. The summed E-state index contributed by atoms with van der Waals surface area (Å²) >= 11 is 0. The second kappa shape index (κ2) is 9.43. The summed E-state index contributed by atoms with van der Waals surface area (Å²) in [4.78, 5) is 23.5. The van der Waals surface area contributed by atoms with Gasteiger partial charge in [0, 0.05) is 6.54 Å². The molecule has 0 radical (unpaired) electrons. The quantitative estimate of drug-likeness (QED) is 0.647. The standard InChI is InChI=1S/C19H21FN2O5S/c1-13-6-8-15(9-7-13)11-21-19(24)14(2)27-18(23)12-22-28(25,26)17-5-3-4-16(20)10-17/h3-10,14,22H,11-12H2,1-2H3,(H,21,24)/t14-/m0/s1. The Morgan fingerprint density at radius 2 is 1.82 bits per heavy atom. The van der Waals surface area contributed by atoms with Crippen LogP contribution in [0.2, 0.25) is 0 Å². The van der Waals surface area contributed by atoms with Crippen LogP contribution < -0.4 is 10.0 Å². The maximum Gasteiger partial charge on any atom is 0.321 e. The summed E-state index contributed by atoms with van der Waals surface area (Å²) in [5, 5.41) is 2.63. The van der Waals surface area contributed by atoms with Gasteiger partial charge in [-0.3, -0.25) is 9.59 Å². The van der Waals surface area contributed by atoms with Gasteiger partial charge < -0.3 is 10.1 Å². The first-order valence-electron chi connectivity index (χ1n) is 8.45. The van der Waals surface area contributed by atoms with Crippen LogP contribution in [0.3, 0.4) is 0 Å². The molecule has 7 nitrogen and oxygen atoms in total. The van der Waals surface area contributed by atoms with Crippen molar-refractivity contribution in [1.29, 1.82) is 0 Å². The first-order chi connectivity index (χ1) is 13.2. The molecule has 0 bridgehead atoms. The molecule has 0 fully saturated rings. The van der Waals surface area contributed by atoms with Crippen LogP contribution >= 0.6 is 0 Å². The second-order valence-corrected chi connectivity index (χ2v) is 7.88. The summed E-state index contributed by atoms with van der Waals surface area (Å²) in [6.07, 6.45) is -1.10. The molecule has 0 aliphatic rings. The van der Waals surface area contributed by atoms with E-state index in [4.69, 9.17) is 4.74 Å². The largest absolute Gasteiger partial charge is 0.452 e. The molecule has 1 atom stereocenters. The molecule has 0 heterocycles. The fourth-order valence-corrected chi connectivity index (χ4v) is 3.20. The fourth-order valence-electron chi connectivity index (χ4n) is 2.20. The zero-order valence-electron chi connectivity index (χ0n) is 15.4. The number of hydrogen-bond donors (Lipinski definition) is 2. The van der Waals surface area contributed by atoms with Crippen molar-refractivity contribution in [1.82, 2.24) is 10.0 Å². The molecule has 0 spiro atoms. The summed E-state index contributed by atoms with van der Waals surface area (Å²) in [6, 6.07) is 11.9. The summed E-state index contributed by atoms with van der Waals surface area (Å²) in [6.45, 7) is 2.91. The van der Waals surface area contributed by atoms with E-state index in [1.165, 1.54) is 19.1 Å². The van der Waals surface area contributed by atoms with Crippen LogP contribution in [0.25, 0.3) is 0 Å². The van der Waals surface area contributed by atoms with Gasteiger partial charge in [-0.25, -0.2) is 12.8 Å². The van der Waals surface area contributed by atoms with Gasteiger partial charge in [0.2, 0.25) is 10.0 Å². The summed E-state index contributed by atoms with van der Waals surface area (Å²) in [5.41, 5.74) is 1.98. The molecule has 0 aromatic heterocycles. The Hall–Kier alpha value is -2.78. The molecule has 0 saturated carbocycles. The number of ether oxygens (including phenoxy) is 1. The van der Waals surface area contributed by atoms with E-state index in [0.29, 0.717) is 0 Å². The van der Waals surface area contributed by atoms with E-state index in [2.05, 4.69) is 5.32 Å². The van der Waals surface area contributed by atoms with Crippen LogP contribution in [0, 0.1) is 12.7 Å². The van der Waals surface area contributed by atoms with Crippen molar-refractivity contribution in [2.75, 3.05) is 6.54 Å². The number of benzene rings is 2. The molecule has 28 heavy (non-hydrogen) atoms. The molecule has 0 unspecified atom stereocenters.